The Labute approximate surface area is 170 Å². The van der Waals surface area contributed by atoms with Crippen LogP contribution in [0.3, 0.4) is 0 Å². The molecule has 1 N–H and O–H groups in total. The molecule has 150 valence electrons. The number of benzene rings is 2. The van der Waals surface area contributed by atoms with Crippen LogP contribution in [0.15, 0.2) is 48.5 Å². The molecule has 28 heavy (non-hydrogen) atoms. The second-order valence-corrected chi connectivity index (χ2v) is 7.38. The van der Waals surface area contributed by atoms with Crippen molar-refractivity contribution < 1.29 is 14.0 Å². The summed E-state index contributed by atoms with van der Waals surface area (Å²) in [5, 5.41) is 3.38. The van der Waals surface area contributed by atoms with E-state index in [1.165, 1.54) is 11.0 Å². The molecule has 6 heteroatoms. The molecule has 0 heterocycles. The summed E-state index contributed by atoms with van der Waals surface area (Å²) in [7, 11) is 0. The summed E-state index contributed by atoms with van der Waals surface area (Å²) in [6.45, 7) is 5.76. The molecule has 0 aliphatic carbocycles. The number of halogens is 2. The van der Waals surface area contributed by atoms with Gasteiger partial charge in [-0.3, -0.25) is 9.59 Å². The highest BCUT2D eigenvalue weighted by Crippen LogP contribution is 2.21. The zero-order chi connectivity index (χ0) is 20.7. The molecule has 0 saturated carbocycles. The van der Waals surface area contributed by atoms with Gasteiger partial charge in [0.05, 0.1) is 6.42 Å². The minimum atomic E-state index is -0.669. The van der Waals surface area contributed by atoms with Crippen molar-refractivity contribution in [1.29, 1.82) is 0 Å². The highest BCUT2D eigenvalue weighted by atomic mass is 35.5. The number of nitrogens with one attached hydrogen (secondary N) is 1. The molecule has 0 spiro atoms. The van der Waals surface area contributed by atoms with Gasteiger partial charge in [-0.15, -0.1) is 0 Å². The van der Waals surface area contributed by atoms with Crippen LogP contribution in [0.1, 0.15) is 38.3 Å². The van der Waals surface area contributed by atoms with E-state index in [2.05, 4.69) is 5.32 Å². The molecule has 2 aromatic rings. The van der Waals surface area contributed by atoms with Crippen LogP contribution in [-0.4, -0.2) is 28.8 Å². The summed E-state index contributed by atoms with van der Waals surface area (Å²) >= 11 is 6.27. The fourth-order valence-electron chi connectivity index (χ4n) is 3.02. The molecule has 4 nitrogen and oxygen atoms in total. The highest BCUT2D eigenvalue weighted by Gasteiger charge is 2.29. The normalized spacial score (nSPS) is 11.9. The van der Waals surface area contributed by atoms with Crippen LogP contribution in [0, 0.1) is 5.82 Å². The average molecular weight is 405 g/mol. The quantitative estimate of drug-likeness (QED) is 0.710. The van der Waals surface area contributed by atoms with E-state index in [1.807, 2.05) is 32.9 Å². The maximum atomic E-state index is 14.0. The Hall–Kier alpha value is -2.40. The van der Waals surface area contributed by atoms with E-state index in [0.717, 1.165) is 5.56 Å². The van der Waals surface area contributed by atoms with Crippen LogP contribution in [0.2, 0.25) is 5.02 Å². The molecule has 0 saturated heterocycles. The lowest BCUT2D eigenvalue weighted by Crippen LogP contribution is -2.50. The predicted molar refractivity (Wildman–Crippen MR) is 109 cm³/mol. The Morgan fingerprint density at radius 3 is 2.25 bits per heavy atom. The summed E-state index contributed by atoms with van der Waals surface area (Å²) < 4.78 is 14.0. The van der Waals surface area contributed by atoms with Crippen LogP contribution in [0.4, 0.5) is 4.39 Å². The number of hydrogen-bond acceptors (Lipinski definition) is 2. The van der Waals surface area contributed by atoms with Crippen molar-refractivity contribution in [3.8, 4) is 0 Å². The van der Waals surface area contributed by atoms with Crippen LogP contribution in [0.25, 0.3) is 0 Å². The van der Waals surface area contributed by atoms with Gasteiger partial charge < -0.3 is 10.2 Å². The SMILES string of the molecule is CCC(C(=O)NC(C)C)N(Cc1ccccc1Cl)C(=O)Cc1ccccc1F. The Morgan fingerprint density at radius 2 is 1.68 bits per heavy atom. The van der Waals surface area contributed by atoms with Crippen LogP contribution in [-0.2, 0) is 22.6 Å². The molecule has 0 aliphatic rings. The van der Waals surface area contributed by atoms with E-state index < -0.39 is 11.9 Å². The van der Waals surface area contributed by atoms with Gasteiger partial charge in [0.1, 0.15) is 11.9 Å². The largest absolute Gasteiger partial charge is 0.352 e. The molecular formula is C22H26ClFN2O2. The molecule has 2 rings (SSSR count). The third-order valence-corrected chi connectivity index (χ3v) is 4.78. The average Bonchev–Trinajstić information content (AvgIpc) is 2.64. The summed E-state index contributed by atoms with van der Waals surface area (Å²) in [5.74, 6) is -0.990. The molecular weight excluding hydrogens is 379 g/mol. The Balaban J connectivity index is 2.33. The first kappa shape index (κ1) is 21.9. The molecule has 0 aromatic heterocycles. The molecule has 0 bridgehead atoms. The van der Waals surface area contributed by atoms with Crippen LogP contribution < -0.4 is 5.32 Å². The number of carbonyl (C=O) groups excluding carboxylic acids is 2. The van der Waals surface area contributed by atoms with Gasteiger partial charge in [0.25, 0.3) is 0 Å². The second-order valence-electron chi connectivity index (χ2n) is 6.97. The number of rotatable bonds is 8. The van der Waals surface area contributed by atoms with Crippen molar-refractivity contribution in [1.82, 2.24) is 10.2 Å². The minimum Gasteiger partial charge on any atom is -0.352 e. The van der Waals surface area contributed by atoms with Crippen molar-refractivity contribution in [2.24, 2.45) is 0 Å². The summed E-state index contributed by atoms with van der Waals surface area (Å²) in [5.41, 5.74) is 1.04. The molecule has 0 radical (unpaired) electrons. The monoisotopic (exact) mass is 404 g/mol. The zero-order valence-electron chi connectivity index (χ0n) is 16.4. The van der Waals surface area contributed by atoms with Crippen LogP contribution >= 0.6 is 11.6 Å². The van der Waals surface area contributed by atoms with E-state index in [0.29, 0.717) is 17.0 Å². The van der Waals surface area contributed by atoms with E-state index in [9.17, 15) is 14.0 Å². The first-order valence-electron chi connectivity index (χ1n) is 9.40. The first-order valence-corrected chi connectivity index (χ1v) is 9.77. The van der Waals surface area contributed by atoms with Gasteiger partial charge in [0.2, 0.25) is 11.8 Å². The number of amides is 2. The van der Waals surface area contributed by atoms with Gasteiger partial charge in [0.15, 0.2) is 0 Å². The third kappa shape index (κ3) is 5.80. The van der Waals surface area contributed by atoms with Crippen molar-refractivity contribution in [2.75, 3.05) is 0 Å². The van der Waals surface area contributed by atoms with E-state index in [1.54, 1.807) is 30.3 Å². The lowest BCUT2D eigenvalue weighted by atomic mass is 10.1. The topological polar surface area (TPSA) is 49.4 Å². The van der Waals surface area contributed by atoms with Crippen molar-refractivity contribution >= 4 is 23.4 Å². The van der Waals surface area contributed by atoms with Crippen LogP contribution in [0.5, 0.6) is 0 Å². The van der Waals surface area contributed by atoms with Gasteiger partial charge in [-0.2, -0.15) is 0 Å². The van der Waals surface area contributed by atoms with E-state index in [-0.39, 0.29) is 30.8 Å². The Bertz CT molecular complexity index is 826. The second kappa shape index (κ2) is 10.2. The van der Waals surface area contributed by atoms with Gasteiger partial charge in [0, 0.05) is 17.6 Å². The molecule has 0 aliphatic heterocycles. The maximum absolute atomic E-state index is 14.0. The van der Waals surface area contributed by atoms with Gasteiger partial charge in [-0.05, 0) is 43.5 Å². The Morgan fingerprint density at radius 1 is 1.07 bits per heavy atom. The lowest BCUT2D eigenvalue weighted by molar-refractivity contribution is -0.141. The van der Waals surface area contributed by atoms with Gasteiger partial charge in [-0.1, -0.05) is 54.9 Å². The van der Waals surface area contributed by atoms with Crippen molar-refractivity contribution in [3.05, 3.63) is 70.5 Å². The first-order chi connectivity index (χ1) is 13.3. The standard InChI is InChI=1S/C22H26ClFN2O2/c1-4-20(22(28)25-15(2)3)26(14-17-10-5-7-11-18(17)23)21(27)13-16-9-6-8-12-19(16)24/h5-12,15,20H,4,13-14H2,1-3H3,(H,25,28). The van der Waals surface area contributed by atoms with E-state index in [4.69, 9.17) is 11.6 Å². The van der Waals surface area contributed by atoms with Crippen molar-refractivity contribution in [3.63, 3.8) is 0 Å². The molecule has 2 aromatic carbocycles. The fraction of sp³-hybridized carbons (Fsp3) is 0.364. The van der Waals surface area contributed by atoms with Crippen molar-refractivity contribution in [2.45, 2.75) is 52.2 Å². The summed E-state index contributed by atoms with van der Waals surface area (Å²) in [6.07, 6.45) is 0.314. The predicted octanol–water partition coefficient (Wildman–Crippen LogP) is 4.35. The number of nitrogens with zero attached hydrogens (tertiary/aromatic N) is 1. The summed E-state index contributed by atoms with van der Waals surface area (Å²) in [6, 6.07) is 12.6. The number of hydrogen-bond donors (Lipinski definition) is 1. The van der Waals surface area contributed by atoms with Gasteiger partial charge in [-0.25, -0.2) is 4.39 Å². The highest BCUT2D eigenvalue weighted by molar-refractivity contribution is 6.31. The molecule has 1 atom stereocenters. The van der Waals surface area contributed by atoms with E-state index >= 15 is 0 Å². The smallest absolute Gasteiger partial charge is 0.243 e. The zero-order valence-corrected chi connectivity index (χ0v) is 17.2. The fourth-order valence-corrected chi connectivity index (χ4v) is 3.21. The third-order valence-electron chi connectivity index (χ3n) is 4.41. The summed E-state index contributed by atoms with van der Waals surface area (Å²) in [4.78, 5) is 27.3. The molecule has 2 amide bonds. The Kier molecular flexibility index (Phi) is 8.00. The minimum absolute atomic E-state index is 0.0506. The number of carbonyl (C=O) groups is 2. The van der Waals surface area contributed by atoms with Gasteiger partial charge >= 0.3 is 0 Å². The maximum Gasteiger partial charge on any atom is 0.243 e. The lowest BCUT2D eigenvalue weighted by Gasteiger charge is -2.31. The molecule has 1 unspecified atom stereocenters. The molecule has 0 fully saturated rings.